The second kappa shape index (κ2) is 6.99. The second-order valence-electron chi connectivity index (χ2n) is 7.02. The second-order valence-corrected chi connectivity index (χ2v) is 7.02. The van der Waals surface area contributed by atoms with Crippen LogP contribution < -0.4 is 5.56 Å². The lowest BCUT2D eigenvalue weighted by Crippen LogP contribution is -2.36. The van der Waals surface area contributed by atoms with Crippen molar-refractivity contribution in [1.29, 1.82) is 0 Å². The average molecular weight is 356 g/mol. The largest absolute Gasteiger partial charge is 0.360 e. The van der Waals surface area contributed by atoms with Crippen molar-refractivity contribution in [1.82, 2.24) is 19.6 Å². The molecule has 0 aliphatic carbocycles. The highest BCUT2D eigenvalue weighted by Crippen LogP contribution is 2.21. The molecule has 26 heavy (non-hydrogen) atoms. The summed E-state index contributed by atoms with van der Waals surface area (Å²) in [4.78, 5) is 19.2. The highest BCUT2D eigenvalue weighted by Gasteiger charge is 2.21. The van der Waals surface area contributed by atoms with E-state index in [4.69, 9.17) is 4.52 Å². The standard InChI is InChI=1S/C19H21FN4O2/c1-13-8-16(26-22-13)11-23-6-4-14(5-7-23)10-24-12-21-18-9-15(20)2-3-17(18)19(24)25/h2-3,8-9,12,14H,4-7,10-11H2,1H3. The maximum atomic E-state index is 13.3. The average Bonchev–Trinajstić information content (AvgIpc) is 3.04. The smallest absolute Gasteiger partial charge is 0.261 e. The Bertz CT molecular complexity index is 973. The first kappa shape index (κ1) is 16.9. The van der Waals surface area contributed by atoms with E-state index in [-0.39, 0.29) is 11.4 Å². The van der Waals surface area contributed by atoms with Gasteiger partial charge in [0.15, 0.2) is 5.76 Å². The molecule has 7 heteroatoms. The first-order valence-corrected chi connectivity index (χ1v) is 8.88. The summed E-state index contributed by atoms with van der Waals surface area (Å²) in [7, 11) is 0. The Hall–Kier alpha value is -2.54. The molecule has 0 amide bonds. The van der Waals surface area contributed by atoms with Gasteiger partial charge in [0.2, 0.25) is 0 Å². The van der Waals surface area contributed by atoms with Crippen LogP contribution in [0.5, 0.6) is 0 Å². The molecule has 3 heterocycles. The highest BCUT2D eigenvalue weighted by molar-refractivity contribution is 5.77. The van der Waals surface area contributed by atoms with Gasteiger partial charge in [0.1, 0.15) is 5.82 Å². The first-order valence-electron chi connectivity index (χ1n) is 8.88. The van der Waals surface area contributed by atoms with E-state index in [2.05, 4.69) is 15.0 Å². The molecule has 0 saturated carbocycles. The summed E-state index contributed by atoms with van der Waals surface area (Å²) < 4.78 is 20.2. The minimum atomic E-state index is -0.378. The monoisotopic (exact) mass is 356 g/mol. The van der Waals surface area contributed by atoms with Gasteiger partial charge in [0.25, 0.3) is 5.56 Å². The van der Waals surface area contributed by atoms with E-state index in [9.17, 15) is 9.18 Å². The maximum Gasteiger partial charge on any atom is 0.261 e. The van der Waals surface area contributed by atoms with Crippen LogP contribution in [0, 0.1) is 18.7 Å². The Morgan fingerprint density at radius 3 is 2.81 bits per heavy atom. The van der Waals surface area contributed by atoms with E-state index >= 15 is 0 Å². The molecule has 1 fully saturated rings. The predicted octanol–water partition coefficient (Wildman–Crippen LogP) is 2.74. The van der Waals surface area contributed by atoms with Gasteiger partial charge in [0, 0.05) is 18.7 Å². The van der Waals surface area contributed by atoms with Gasteiger partial charge in [-0.15, -0.1) is 0 Å². The number of hydrogen-bond acceptors (Lipinski definition) is 5. The maximum absolute atomic E-state index is 13.3. The Morgan fingerprint density at radius 1 is 1.27 bits per heavy atom. The van der Waals surface area contributed by atoms with Crippen molar-refractivity contribution in [3.63, 3.8) is 0 Å². The van der Waals surface area contributed by atoms with Crippen LogP contribution in [-0.2, 0) is 13.1 Å². The van der Waals surface area contributed by atoms with Crippen LogP contribution in [0.2, 0.25) is 0 Å². The molecule has 0 N–H and O–H groups in total. The van der Waals surface area contributed by atoms with Gasteiger partial charge in [-0.1, -0.05) is 5.16 Å². The van der Waals surface area contributed by atoms with Crippen molar-refractivity contribution in [2.24, 2.45) is 5.92 Å². The molecular formula is C19H21FN4O2. The molecule has 0 atom stereocenters. The van der Waals surface area contributed by atoms with Crippen LogP contribution in [0.3, 0.4) is 0 Å². The van der Waals surface area contributed by atoms with Crippen LogP contribution in [0.4, 0.5) is 4.39 Å². The number of benzene rings is 1. The van der Waals surface area contributed by atoms with Gasteiger partial charge in [-0.3, -0.25) is 14.3 Å². The van der Waals surface area contributed by atoms with Crippen LogP contribution in [0.1, 0.15) is 24.3 Å². The van der Waals surface area contributed by atoms with E-state index in [1.54, 1.807) is 4.57 Å². The molecule has 1 saturated heterocycles. The number of likely N-dealkylation sites (tertiary alicyclic amines) is 1. The molecule has 6 nitrogen and oxygen atoms in total. The molecule has 4 rings (SSSR count). The lowest BCUT2D eigenvalue weighted by Gasteiger charge is -2.31. The van der Waals surface area contributed by atoms with Gasteiger partial charge in [-0.25, -0.2) is 9.37 Å². The zero-order valence-electron chi connectivity index (χ0n) is 14.7. The Labute approximate surface area is 150 Å². The summed E-state index contributed by atoms with van der Waals surface area (Å²) in [6.07, 6.45) is 3.57. The molecular weight excluding hydrogens is 335 g/mol. The fourth-order valence-electron chi connectivity index (χ4n) is 3.58. The summed E-state index contributed by atoms with van der Waals surface area (Å²) in [5.74, 6) is 0.944. The van der Waals surface area contributed by atoms with Crippen molar-refractivity contribution in [3.05, 3.63) is 58.2 Å². The minimum Gasteiger partial charge on any atom is -0.360 e. The number of aromatic nitrogens is 3. The molecule has 0 spiro atoms. The van der Waals surface area contributed by atoms with E-state index < -0.39 is 0 Å². The third-order valence-corrected chi connectivity index (χ3v) is 5.01. The molecule has 1 aliphatic rings. The van der Waals surface area contributed by atoms with Crippen molar-refractivity contribution in [2.75, 3.05) is 13.1 Å². The summed E-state index contributed by atoms with van der Waals surface area (Å²) >= 11 is 0. The van der Waals surface area contributed by atoms with Crippen LogP contribution in [0.25, 0.3) is 10.9 Å². The summed E-state index contributed by atoms with van der Waals surface area (Å²) in [5, 5.41) is 4.39. The van der Waals surface area contributed by atoms with E-state index in [0.717, 1.165) is 43.9 Å². The molecule has 0 radical (unpaired) electrons. The normalized spacial score (nSPS) is 16.4. The Balaban J connectivity index is 1.40. The number of hydrogen-bond donors (Lipinski definition) is 0. The third kappa shape index (κ3) is 3.53. The van der Waals surface area contributed by atoms with Gasteiger partial charge in [0.05, 0.1) is 29.5 Å². The molecule has 0 bridgehead atoms. The van der Waals surface area contributed by atoms with Gasteiger partial charge in [-0.2, -0.15) is 0 Å². The van der Waals surface area contributed by atoms with Crippen molar-refractivity contribution in [2.45, 2.75) is 32.9 Å². The SMILES string of the molecule is Cc1cc(CN2CCC(Cn3cnc4cc(F)ccc4c3=O)CC2)on1. The molecule has 3 aromatic rings. The number of aryl methyl sites for hydroxylation is 1. The molecule has 0 unspecified atom stereocenters. The number of halogens is 1. The predicted molar refractivity (Wildman–Crippen MR) is 95.2 cm³/mol. The van der Waals surface area contributed by atoms with Gasteiger partial charge >= 0.3 is 0 Å². The summed E-state index contributed by atoms with van der Waals surface area (Å²) in [6, 6.07) is 6.08. The van der Waals surface area contributed by atoms with Crippen molar-refractivity contribution in [3.8, 4) is 0 Å². The quantitative estimate of drug-likeness (QED) is 0.719. The zero-order valence-corrected chi connectivity index (χ0v) is 14.7. The van der Waals surface area contributed by atoms with Crippen molar-refractivity contribution >= 4 is 10.9 Å². The molecule has 1 aromatic carbocycles. The van der Waals surface area contributed by atoms with Gasteiger partial charge in [-0.05, 0) is 50.9 Å². The Kier molecular flexibility index (Phi) is 4.55. The topological polar surface area (TPSA) is 64.2 Å². The molecule has 1 aliphatic heterocycles. The lowest BCUT2D eigenvalue weighted by molar-refractivity contribution is 0.152. The van der Waals surface area contributed by atoms with Crippen LogP contribution in [0.15, 0.2) is 39.9 Å². The van der Waals surface area contributed by atoms with Gasteiger partial charge < -0.3 is 4.52 Å². The first-order chi connectivity index (χ1) is 12.6. The fourth-order valence-corrected chi connectivity index (χ4v) is 3.58. The molecule has 136 valence electrons. The molecule has 2 aromatic heterocycles. The Morgan fingerprint density at radius 2 is 2.08 bits per heavy atom. The zero-order chi connectivity index (χ0) is 18.1. The van der Waals surface area contributed by atoms with Crippen LogP contribution >= 0.6 is 0 Å². The summed E-state index contributed by atoms with van der Waals surface area (Å²) in [6.45, 7) is 5.27. The minimum absolute atomic E-state index is 0.102. The van der Waals surface area contributed by atoms with E-state index in [1.807, 2.05) is 13.0 Å². The number of fused-ring (bicyclic) bond motifs is 1. The van der Waals surface area contributed by atoms with Crippen molar-refractivity contribution < 1.29 is 8.91 Å². The van der Waals surface area contributed by atoms with Crippen LogP contribution in [-0.4, -0.2) is 32.7 Å². The summed E-state index contributed by atoms with van der Waals surface area (Å²) in [5.41, 5.74) is 1.20. The number of piperidine rings is 1. The lowest BCUT2D eigenvalue weighted by atomic mass is 9.96. The van der Waals surface area contributed by atoms with E-state index in [0.29, 0.717) is 23.4 Å². The number of rotatable bonds is 4. The third-order valence-electron chi connectivity index (χ3n) is 5.01. The highest BCUT2D eigenvalue weighted by atomic mass is 19.1. The number of nitrogens with zero attached hydrogens (tertiary/aromatic N) is 4. The fraction of sp³-hybridized carbons (Fsp3) is 0.421. The van der Waals surface area contributed by atoms with E-state index in [1.165, 1.54) is 24.5 Å².